The van der Waals surface area contributed by atoms with Crippen molar-refractivity contribution in [1.82, 2.24) is 4.31 Å². The van der Waals surface area contributed by atoms with Gasteiger partial charge in [-0.05, 0) is 30.3 Å². The standard InChI is InChI=1S/C17H18ClFN2O4S/c1-3-21(26(23,24)14-7-8-16(19)15(18)10-14)11-17(22)20-12-5-4-6-13(9-12)25-2/h4-10H,3,11H2,1-2H3,(H,20,22). The molecule has 2 aromatic carbocycles. The van der Waals surface area contributed by atoms with E-state index >= 15 is 0 Å². The van der Waals surface area contributed by atoms with Gasteiger partial charge in [-0.3, -0.25) is 4.79 Å². The van der Waals surface area contributed by atoms with Gasteiger partial charge >= 0.3 is 0 Å². The largest absolute Gasteiger partial charge is 0.497 e. The molecule has 1 amide bonds. The molecule has 0 saturated carbocycles. The number of halogens is 2. The molecule has 0 fully saturated rings. The Balaban J connectivity index is 2.16. The Morgan fingerprint density at radius 3 is 2.62 bits per heavy atom. The second-order valence-corrected chi connectivity index (χ2v) is 7.63. The van der Waals surface area contributed by atoms with Crippen LogP contribution in [0.1, 0.15) is 6.92 Å². The van der Waals surface area contributed by atoms with Crippen molar-refractivity contribution in [1.29, 1.82) is 0 Å². The first-order valence-corrected chi connectivity index (χ1v) is 9.49. The summed E-state index contributed by atoms with van der Waals surface area (Å²) in [6.07, 6.45) is 0. The third-order valence-electron chi connectivity index (χ3n) is 3.56. The molecule has 26 heavy (non-hydrogen) atoms. The molecule has 1 N–H and O–H groups in total. The van der Waals surface area contributed by atoms with E-state index in [-0.39, 0.29) is 16.5 Å². The summed E-state index contributed by atoms with van der Waals surface area (Å²) in [7, 11) is -2.49. The number of anilines is 1. The van der Waals surface area contributed by atoms with Gasteiger partial charge in [-0.1, -0.05) is 24.6 Å². The fourth-order valence-electron chi connectivity index (χ4n) is 2.21. The Bertz CT molecular complexity index is 905. The van der Waals surface area contributed by atoms with Gasteiger partial charge in [0.2, 0.25) is 15.9 Å². The Morgan fingerprint density at radius 1 is 1.27 bits per heavy atom. The van der Waals surface area contributed by atoms with Crippen molar-refractivity contribution in [2.24, 2.45) is 0 Å². The minimum absolute atomic E-state index is 0.0584. The van der Waals surface area contributed by atoms with Crippen LogP contribution in [0.25, 0.3) is 0 Å². The van der Waals surface area contributed by atoms with E-state index in [2.05, 4.69) is 5.32 Å². The van der Waals surface area contributed by atoms with Gasteiger partial charge in [0.1, 0.15) is 11.6 Å². The molecule has 0 bridgehead atoms. The minimum atomic E-state index is -3.99. The number of hydrogen-bond acceptors (Lipinski definition) is 4. The summed E-state index contributed by atoms with van der Waals surface area (Å²) in [6, 6.07) is 9.79. The van der Waals surface area contributed by atoms with E-state index in [1.807, 2.05) is 0 Å². The lowest BCUT2D eigenvalue weighted by atomic mass is 10.3. The van der Waals surface area contributed by atoms with E-state index in [0.29, 0.717) is 11.4 Å². The molecular formula is C17H18ClFN2O4S. The number of methoxy groups -OCH3 is 1. The summed E-state index contributed by atoms with van der Waals surface area (Å²) in [5, 5.41) is 2.31. The van der Waals surface area contributed by atoms with Crippen LogP contribution in [0.4, 0.5) is 10.1 Å². The van der Waals surface area contributed by atoms with Crippen molar-refractivity contribution in [3.05, 3.63) is 53.3 Å². The molecule has 0 aliphatic heterocycles. The van der Waals surface area contributed by atoms with Crippen LogP contribution in [-0.4, -0.2) is 38.8 Å². The Labute approximate surface area is 156 Å². The van der Waals surface area contributed by atoms with Gasteiger partial charge in [-0.2, -0.15) is 4.31 Å². The fraction of sp³-hybridized carbons (Fsp3) is 0.235. The van der Waals surface area contributed by atoms with Gasteiger partial charge in [-0.15, -0.1) is 0 Å². The lowest BCUT2D eigenvalue weighted by Gasteiger charge is -2.20. The zero-order valence-corrected chi connectivity index (χ0v) is 15.8. The van der Waals surface area contributed by atoms with Gasteiger partial charge in [-0.25, -0.2) is 12.8 Å². The lowest BCUT2D eigenvalue weighted by molar-refractivity contribution is -0.116. The zero-order valence-electron chi connectivity index (χ0n) is 14.2. The minimum Gasteiger partial charge on any atom is -0.497 e. The maximum Gasteiger partial charge on any atom is 0.243 e. The van der Waals surface area contributed by atoms with Crippen LogP contribution in [0, 0.1) is 5.82 Å². The second-order valence-electron chi connectivity index (χ2n) is 5.29. The number of amides is 1. The maximum atomic E-state index is 13.3. The third-order valence-corrected chi connectivity index (χ3v) is 5.76. The van der Waals surface area contributed by atoms with Crippen molar-refractivity contribution in [3.8, 4) is 5.75 Å². The van der Waals surface area contributed by atoms with E-state index in [9.17, 15) is 17.6 Å². The molecule has 0 aliphatic rings. The Hall–Kier alpha value is -2.16. The SMILES string of the molecule is CCN(CC(=O)Nc1cccc(OC)c1)S(=O)(=O)c1ccc(F)c(Cl)c1. The number of nitrogens with zero attached hydrogens (tertiary/aromatic N) is 1. The molecule has 0 radical (unpaired) electrons. The number of hydrogen-bond donors (Lipinski definition) is 1. The topological polar surface area (TPSA) is 75.7 Å². The summed E-state index contributed by atoms with van der Waals surface area (Å²) in [6.45, 7) is 1.26. The van der Waals surface area contributed by atoms with Crippen LogP contribution in [0.3, 0.4) is 0 Å². The molecule has 0 atom stereocenters. The molecule has 6 nitrogen and oxygen atoms in total. The summed E-state index contributed by atoms with van der Waals surface area (Å²) in [5.41, 5.74) is 0.479. The predicted octanol–water partition coefficient (Wildman–Crippen LogP) is 3.14. The highest BCUT2D eigenvalue weighted by atomic mass is 35.5. The average Bonchev–Trinajstić information content (AvgIpc) is 2.61. The number of likely N-dealkylation sites (N-methyl/N-ethyl adjacent to an activating group) is 1. The average molecular weight is 401 g/mol. The van der Waals surface area contributed by atoms with Crippen LogP contribution in [0.2, 0.25) is 5.02 Å². The first kappa shape index (κ1) is 20.2. The van der Waals surface area contributed by atoms with Crippen molar-refractivity contribution in [2.75, 3.05) is 25.5 Å². The van der Waals surface area contributed by atoms with Gasteiger partial charge < -0.3 is 10.1 Å². The molecule has 0 saturated heterocycles. The van der Waals surface area contributed by atoms with E-state index in [4.69, 9.17) is 16.3 Å². The molecule has 0 aromatic heterocycles. The quantitative estimate of drug-likeness (QED) is 0.774. The van der Waals surface area contributed by atoms with Crippen molar-refractivity contribution >= 4 is 33.2 Å². The molecule has 2 aromatic rings. The molecule has 140 valence electrons. The van der Waals surface area contributed by atoms with Crippen LogP contribution in [-0.2, 0) is 14.8 Å². The number of carbonyl (C=O) groups is 1. The number of rotatable bonds is 7. The van der Waals surface area contributed by atoms with Crippen LogP contribution in [0.15, 0.2) is 47.4 Å². The summed E-state index contributed by atoms with van der Waals surface area (Å²) in [4.78, 5) is 12.1. The molecule has 0 unspecified atom stereocenters. The summed E-state index contributed by atoms with van der Waals surface area (Å²) >= 11 is 5.66. The van der Waals surface area contributed by atoms with Crippen molar-refractivity contribution in [2.45, 2.75) is 11.8 Å². The molecule has 9 heteroatoms. The van der Waals surface area contributed by atoms with Crippen molar-refractivity contribution in [3.63, 3.8) is 0 Å². The van der Waals surface area contributed by atoms with Gasteiger partial charge in [0.15, 0.2) is 0 Å². The number of nitrogens with one attached hydrogen (secondary N) is 1. The number of benzene rings is 2. The van der Waals surface area contributed by atoms with Gasteiger partial charge in [0, 0.05) is 18.3 Å². The van der Waals surface area contributed by atoms with Crippen LogP contribution < -0.4 is 10.1 Å². The van der Waals surface area contributed by atoms with Gasteiger partial charge in [0.05, 0.1) is 23.6 Å². The lowest BCUT2D eigenvalue weighted by Crippen LogP contribution is -2.37. The monoisotopic (exact) mass is 400 g/mol. The van der Waals surface area contributed by atoms with E-state index in [0.717, 1.165) is 22.5 Å². The highest BCUT2D eigenvalue weighted by Gasteiger charge is 2.26. The molecule has 2 rings (SSSR count). The molecule has 0 aliphatic carbocycles. The van der Waals surface area contributed by atoms with Crippen LogP contribution in [0.5, 0.6) is 5.75 Å². The summed E-state index contributed by atoms with van der Waals surface area (Å²) < 4.78 is 44.6. The predicted molar refractivity (Wildman–Crippen MR) is 97.5 cm³/mol. The zero-order chi connectivity index (χ0) is 19.3. The van der Waals surface area contributed by atoms with E-state index < -0.39 is 28.3 Å². The molecule has 0 spiro atoms. The molecule has 0 heterocycles. The first-order valence-electron chi connectivity index (χ1n) is 7.67. The maximum absolute atomic E-state index is 13.3. The third kappa shape index (κ3) is 4.72. The number of sulfonamides is 1. The molecular weight excluding hydrogens is 383 g/mol. The fourth-order valence-corrected chi connectivity index (χ4v) is 3.89. The Morgan fingerprint density at radius 2 is 2.00 bits per heavy atom. The van der Waals surface area contributed by atoms with Crippen molar-refractivity contribution < 1.29 is 22.3 Å². The second kappa shape index (κ2) is 8.48. The first-order chi connectivity index (χ1) is 12.3. The van der Waals surface area contributed by atoms with Crippen LogP contribution >= 0.6 is 11.6 Å². The van der Waals surface area contributed by atoms with E-state index in [1.165, 1.54) is 7.11 Å². The number of ether oxygens (including phenoxy) is 1. The highest BCUT2D eigenvalue weighted by molar-refractivity contribution is 7.89. The normalized spacial score (nSPS) is 11.4. The smallest absolute Gasteiger partial charge is 0.243 e. The van der Waals surface area contributed by atoms with E-state index in [1.54, 1.807) is 31.2 Å². The number of carbonyl (C=O) groups excluding carboxylic acids is 1. The van der Waals surface area contributed by atoms with Gasteiger partial charge in [0.25, 0.3) is 0 Å². The Kier molecular flexibility index (Phi) is 6.57. The summed E-state index contributed by atoms with van der Waals surface area (Å²) in [5.74, 6) is -0.676. The highest BCUT2D eigenvalue weighted by Crippen LogP contribution is 2.22.